The number of hydrogen-bond acceptors (Lipinski definition) is 2. The molecule has 2 aliphatic rings. The van der Waals surface area contributed by atoms with Crippen molar-refractivity contribution in [2.24, 2.45) is 5.41 Å². The van der Waals surface area contributed by atoms with E-state index in [-0.39, 0.29) is 11.8 Å². The number of hydrogen-bond donors (Lipinski definition) is 1. The molecule has 1 saturated carbocycles. The van der Waals surface area contributed by atoms with Crippen molar-refractivity contribution in [3.05, 3.63) is 29.8 Å². The van der Waals surface area contributed by atoms with Gasteiger partial charge in [-0.1, -0.05) is 12.1 Å². The lowest BCUT2D eigenvalue weighted by molar-refractivity contribution is -0.128. The van der Waals surface area contributed by atoms with Crippen LogP contribution in [0, 0.1) is 5.41 Å². The summed E-state index contributed by atoms with van der Waals surface area (Å²) in [6.45, 7) is 3.14. The van der Waals surface area contributed by atoms with Crippen LogP contribution in [0.5, 0.6) is 0 Å². The number of halogens is 2. The number of rotatable bonds is 4. The first kappa shape index (κ1) is 15.6. The van der Waals surface area contributed by atoms with E-state index in [0.29, 0.717) is 25.1 Å². The average molecular weight is 341 g/mol. The molecule has 1 saturated heterocycles. The fraction of sp³-hybridized carbons (Fsp3) is 0.500. The third-order valence-electron chi connectivity index (χ3n) is 4.49. The first-order valence-electron chi connectivity index (χ1n) is 7.38. The number of nitrogens with one attached hydrogen (secondary N) is 1. The molecule has 2 amide bonds. The number of nitrogens with zero attached hydrogens (tertiary/aromatic N) is 1. The topological polar surface area (TPSA) is 49.4 Å². The van der Waals surface area contributed by atoms with E-state index < -0.39 is 9.75 Å². The van der Waals surface area contributed by atoms with Crippen molar-refractivity contribution in [2.45, 2.75) is 37.1 Å². The zero-order valence-electron chi connectivity index (χ0n) is 12.4. The van der Waals surface area contributed by atoms with Gasteiger partial charge >= 0.3 is 0 Å². The molecule has 1 aromatic rings. The molecule has 1 unspecified atom stereocenters. The summed E-state index contributed by atoms with van der Waals surface area (Å²) in [5.41, 5.74) is 0.959. The van der Waals surface area contributed by atoms with Crippen molar-refractivity contribution in [3.63, 3.8) is 0 Å². The van der Waals surface area contributed by atoms with Crippen LogP contribution in [0.15, 0.2) is 24.3 Å². The monoisotopic (exact) mass is 340 g/mol. The molecule has 0 aromatic heterocycles. The van der Waals surface area contributed by atoms with Gasteiger partial charge in [0, 0.05) is 25.2 Å². The van der Waals surface area contributed by atoms with Crippen molar-refractivity contribution in [3.8, 4) is 0 Å². The number of benzene rings is 1. The third kappa shape index (κ3) is 2.82. The van der Waals surface area contributed by atoms with E-state index in [9.17, 15) is 9.59 Å². The largest absolute Gasteiger partial charge is 0.338 e. The standard InChI is InChI=1S/C16H18Cl2N2O2/c1-15(10-16(15,17)18)14(22)19-12-5-2-4-11(8-12)9-20-7-3-6-13(20)21/h2,4-5,8H,3,6-7,9-10H2,1H3,(H,19,22). The van der Waals surface area contributed by atoms with Crippen LogP contribution in [0.1, 0.15) is 31.7 Å². The summed E-state index contributed by atoms with van der Waals surface area (Å²) >= 11 is 12.1. The predicted molar refractivity (Wildman–Crippen MR) is 86.9 cm³/mol. The summed E-state index contributed by atoms with van der Waals surface area (Å²) in [5.74, 6) is 0.0147. The van der Waals surface area contributed by atoms with Crippen molar-refractivity contribution in [2.75, 3.05) is 11.9 Å². The van der Waals surface area contributed by atoms with Crippen LogP contribution >= 0.6 is 23.2 Å². The normalized spacial score (nSPS) is 26.1. The molecule has 1 atom stereocenters. The maximum Gasteiger partial charge on any atom is 0.233 e. The Morgan fingerprint density at radius 3 is 2.73 bits per heavy atom. The maximum absolute atomic E-state index is 12.3. The Morgan fingerprint density at radius 1 is 1.41 bits per heavy atom. The summed E-state index contributed by atoms with van der Waals surface area (Å²) in [6.07, 6.45) is 2.00. The van der Waals surface area contributed by atoms with Gasteiger partial charge in [0.15, 0.2) is 0 Å². The number of amides is 2. The molecule has 1 aliphatic heterocycles. The van der Waals surface area contributed by atoms with Gasteiger partial charge in [0.05, 0.1) is 5.41 Å². The highest BCUT2D eigenvalue weighted by molar-refractivity contribution is 6.53. The zero-order chi connectivity index (χ0) is 16.0. The highest BCUT2D eigenvalue weighted by Gasteiger charge is 2.67. The summed E-state index contributed by atoms with van der Waals surface area (Å²) in [5, 5.41) is 2.87. The van der Waals surface area contributed by atoms with Crippen LogP contribution in [-0.4, -0.2) is 27.6 Å². The van der Waals surface area contributed by atoms with Crippen LogP contribution in [-0.2, 0) is 16.1 Å². The molecule has 1 heterocycles. The van der Waals surface area contributed by atoms with Gasteiger partial charge in [-0.15, -0.1) is 23.2 Å². The molecule has 1 aromatic carbocycles. The number of alkyl halides is 2. The minimum absolute atomic E-state index is 0.174. The Bertz CT molecular complexity index is 632. The SMILES string of the molecule is CC1(C(=O)Nc2cccc(CN3CCCC3=O)c2)CC1(Cl)Cl. The molecule has 0 spiro atoms. The van der Waals surface area contributed by atoms with Gasteiger partial charge in [-0.05, 0) is 37.5 Å². The quantitative estimate of drug-likeness (QED) is 0.854. The lowest BCUT2D eigenvalue weighted by Crippen LogP contribution is -2.26. The first-order chi connectivity index (χ1) is 10.3. The van der Waals surface area contributed by atoms with E-state index in [0.717, 1.165) is 18.5 Å². The molecule has 22 heavy (non-hydrogen) atoms. The molecule has 0 bridgehead atoms. The van der Waals surface area contributed by atoms with Crippen LogP contribution in [0.2, 0.25) is 0 Å². The number of carbonyl (C=O) groups excluding carboxylic acids is 2. The second kappa shape index (κ2) is 5.43. The Hall–Kier alpha value is -1.26. The number of anilines is 1. The highest BCUT2D eigenvalue weighted by atomic mass is 35.5. The summed E-state index contributed by atoms with van der Waals surface area (Å²) < 4.78 is -0.976. The summed E-state index contributed by atoms with van der Waals surface area (Å²) in [6, 6.07) is 7.53. The maximum atomic E-state index is 12.3. The predicted octanol–water partition coefficient (Wildman–Crippen LogP) is 3.33. The smallest absolute Gasteiger partial charge is 0.233 e. The molecule has 2 fully saturated rings. The molecule has 4 nitrogen and oxygen atoms in total. The minimum atomic E-state index is -0.976. The molecule has 118 valence electrons. The van der Waals surface area contributed by atoms with E-state index in [1.165, 1.54) is 0 Å². The second-order valence-corrected chi connectivity index (χ2v) is 7.77. The van der Waals surface area contributed by atoms with Crippen LogP contribution in [0.4, 0.5) is 5.69 Å². The van der Waals surface area contributed by atoms with Crippen molar-refractivity contribution < 1.29 is 9.59 Å². The lowest BCUT2D eigenvalue weighted by atomic mass is 10.1. The van der Waals surface area contributed by atoms with Crippen LogP contribution in [0.25, 0.3) is 0 Å². The van der Waals surface area contributed by atoms with Gasteiger partial charge in [-0.25, -0.2) is 0 Å². The fourth-order valence-corrected chi connectivity index (χ4v) is 3.46. The Balaban J connectivity index is 1.67. The molecule has 1 aliphatic carbocycles. The van der Waals surface area contributed by atoms with E-state index in [1.54, 1.807) is 6.92 Å². The van der Waals surface area contributed by atoms with Gasteiger partial charge in [0.2, 0.25) is 11.8 Å². The van der Waals surface area contributed by atoms with Crippen LogP contribution in [0.3, 0.4) is 0 Å². The fourth-order valence-electron chi connectivity index (χ4n) is 2.75. The summed E-state index contributed by atoms with van der Waals surface area (Å²) in [4.78, 5) is 25.8. The van der Waals surface area contributed by atoms with Crippen molar-refractivity contribution >= 4 is 40.7 Å². The Labute approximate surface area is 139 Å². The molecule has 1 N–H and O–H groups in total. The van der Waals surface area contributed by atoms with E-state index in [1.807, 2.05) is 29.2 Å². The van der Waals surface area contributed by atoms with Gasteiger partial charge in [-0.3, -0.25) is 9.59 Å². The van der Waals surface area contributed by atoms with Gasteiger partial charge in [-0.2, -0.15) is 0 Å². The van der Waals surface area contributed by atoms with Crippen molar-refractivity contribution in [1.82, 2.24) is 4.90 Å². The minimum Gasteiger partial charge on any atom is -0.338 e. The second-order valence-electron chi connectivity index (χ2n) is 6.29. The number of carbonyl (C=O) groups is 2. The molecular formula is C16H18Cl2N2O2. The molecule has 0 radical (unpaired) electrons. The van der Waals surface area contributed by atoms with Crippen molar-refractivity contribution in [1.29, 1.82) is 0 Å². The first-order valence-corrected chi connectivity index (χ1v) is 8.13. The van der Waals surface area contributed by atoms with Gasteiger partial charge < -0.3 is 10.2 Å². The van der Waals surface area contributed by atoms with E-state index in [2.05, 4.69) is 5.32 Å². The number of likely N-dealkylation sites (tertiary alicyclic amines) is 1. The molecular weight excluding hydrogens is 323 g/mol. The van der Waals surface area contributed by atoms with Gasteiger partial charge in [0.1, 0.15) is 4.33 Å². The molecule has 3 rings (SSSR count). The van der Waals surface area contributed by atoms with E-state index >= 15 is 0 Å². The lowest BCUT2D eigenvalue weighted by Gasteiger charge is -2.17. The van der Waals surface area contributed by atoms with E-state index in [4.69, 9.17) is 23.2 Å². The Morgan fingerprint density at radius 2 is 2.14 bits per heavy atom. The van der Waals surface area contributed by atoms with Crippen LogP contribution < -0.4 is 5.32 Å². The summed E-state index contributed by atoms with van der Waals surface area (Å²) in [7, 11) is 0. The molecule has 6 heteroatoms. The van der Waals surface area contributed by atoms with Gasteiger partial charge in [0.25, 0.3) is 0 Å². The highest BCUT2D eigenvalue weighted by Crippen LogP contribution is 2.64. The third-order valence-corrected chi connectivity index (χ3v) is 5.59. The Kier molecular flexibility index (Phi) is 3.86. The zero-order valence-corrected chi connectivity index (χ0v) is 13.9. The average Bonchev–Trinajstić information content (AvgIpc) is 2.76.